The van der Waals surface area contributed by atoms with Crippen LogP contribution < -0.4 is 5.32 Å². The molecule has 140 valence electrons. The van der Waals surface area contributed by atoms with Crippen LogP contribution in [0.25, 0.3) is 5.69 Å². The number of hydrogen-bond donors (Lipinski definition) is 1. The Labute approximate surface area is 163 Å². The first-order chi connectivity index (χ1) is 13.6. The molecule has 6 heteroatoms. The van der Waals surface area contributed by atoms with Crippen LogP contribution in [0.3, 0.4) is 0 Å². The summed E-state index contributed by atoms with van der Waals surface area (Å²) in [4.78, 5) is 12.8. The van der Waals surface area contributed by atoms with Crippen molar-refractivity contribution in [1.29, 1.82) is 0 Å². The average Bonchev–Trinajstić information content (AvgIpc) is 3.32. The van der Waals surface area contributed by atoms with Gasteiger partial charge in [0.2, 0.25) is 0 Å². The van der Waals surface area contributed by atoms with Gasteiger partial charge in [-0.25, -0.2) is 4.68 Å². The summed E-state index contributed by atoms with van der Waals surface area (Å²) in [5, 5.41) is 11.7. The van der Waals surface area contributed by atoms with Gasteiger partial charge in [-0.05, 0) is 55.8 Å². The van der Waals surface area contributed by atoms with Crippen LogP contribution in [0.2, 0.25) is 0 Å². The molecular weight excluding hydrogens is 350 g/mol. The van der Waals surface area contributed by atoms with Crippen molar-refractivity contribution in [2.75, 3.05) is 5.32 Å². The highest BCUT2D eigenvalue weighted by Gasteiger charge is 2.12. The molecule has 2 aromatic heterocycles. The van der Waals surface area contributed by atoms with Gasteiger partial charge in [-0.3, -0.25) is 9.48 Å². The largest absolute Gasteiger partial charge is 0.320 e. The van der Waals surface area contributed by atoms with E-state index in [2.05, 4.69) is 15.5 Å². The summed E-state index contributed by atoms with van der Waals surface area (Å²) < 4.78 is 3.69. The molecule has 1 amide bonds. The van der Waals surface area contributed by atoms with Crippen LogP contribution in [0.1, 0.15) is 27.3 Å². The number of amides is 1. The van der Waals surface area contributed by atoms with Gasteiger partial charge in [0.15, 0.2) is 0 Å². The van der Waals surface area contributed by atoms with Crippen LogP contribution in [-0.2, 0) is 6.54 Å². The maximum atomic E-state index is 12.8. The minimum Gasteiger partial charge on any atom is -0.320 e. The summed E-state index contributed by atoms with van der Waals surface area (Å²) in [6.45, 7) is 4.63. The highest BCUT2D eigenvalue weighted by molar-refractivity contribution is 6.05. The molecular formula is C22H21N5O. The quantitative estimate of drug-likeness (QED) is 0.577. The molecule has 2 heterocycles. The zero-order valence-corrected chi connectivity index (χ0v) is 15.8. The van der Waals surface area contributed by atoms with E-state index in [1.54, 1.807) is 6.20 Å². The lowest BCUT2D eigenvalue weighted by atomic mass is 10.1. The van der Waals surface area contributed by atoms with Crippen molar-refractivity contribution in [2.45, 2.75) is 20.4 Å². The first-order valence-electron chi connectivity index (χ1n) is 9.10. The number of aromatic nitrogens is 4. The van der Waals surface area contributed by atoms with E-state index < -0.39 is 0 Å². The Hall–Kier alpha value is -3.67. The van der Waals surface area contributed by atoms with Crippen molar-refractivity contribution in [3.05, 3.63) is 95.6 Å². The molecule has 6 nitrogen and oxygen atoms in total. The van der Waals surface area contributed by atoms with Gasteiger partial charge >= 0.3 is 0 Å². The number of nitrogens with one attached hydrogen (secondary N) is 1. The van der Waals surface area contributed by atoms with Gasteiger partial charge in [-0.1, -0.05) is 24.3 Å². The predicted octanol–water partition coefficient (Wildman–Crippen LogP) is 3.99. The molecule has 2 aromatic carbocycles. The Balaban J connectivity index is 1.53. The van der Waals surface area contributed by atoms with Crippen molar-refractivity contribution >= 4 is 11.6 Å². The number of nitrogens with zero attached hydrogens (tertiary/aromatic N) is 4. The Morgan fingerprint density at radius 3 is 2.50 bits per heavy atom. The standard InChI is InChI=1S/C22H21N5O/c1-16-14-17(2)27(25-16)21-7-4-3-6-20(21)24-22(28)19-10-8-18(9-11-19)15-26-13-5-12-23-26/h3-14H,15H2,1-2H3,(H,24,28). The van der Waals surface area contributed by atoms with Crippen molar-refractivity contribution in [1.82, 2.24) is 19.6 Å². The smallest absolute Gasteiger partial charge is 0.255 e. The van der Waals surface area contributed by atoms with Gasteiger partial charge < -0.3 is 5.32 Å². The van der Waals surface area contributed by atoms with Crippen molar-refractivity contribution < 1.29 is 4.79 Å². The maximum Gasteiger partial charge on any atom is 0.255 e. The summed E-state index contributed by atoms with van der Waals surface area (Å²) in [7, 11) is 0. The zero-order valence-electron chi connectivity index (χ0n) is 15.8. The molecule has 0 aliphatic rings. The first kappa shape index (κ1) is 17.7. The minimum absolute atomic E-state index is 0.153. The number of aryl methyl sites for hydroxylation is 2. The molecule has 0 unspecified atom stereocenters. The van der Waals surface area contributed by atoms with E-state index in [1.165, 1.54) is 0 Å². The second-order valence-electron chi connectivity index (χ2n) is 6.71. The Morgan fingerprint density at radius 2 is 1.82 bits per heavy atom. The summed E-state index contributed by atoms with van der Waals surface area (Å²) in [5.74, 6) is -0.153. The Kier molecular flexibility index (Phi) is 4.76. The highest BCUT2D eigenvalue weighted by Crippen LogP contribution is 2.22. The molecule has 0 saturated heterocycles. The monoisotopic (exact) mass is 371 g/mol. The number of rotatable bonds is 5. The highest BCUT2D eigenvalue weighted by atomic mass is 16.1. The normalized spacial score (nSPS) is 10.8. The Morgan fingerprint density at radius 1 is 1.04 bits per heavy atom. The zero-order chi connectivity index (χ0) is 19.5. The van der Waals surface area contributed by atoms with Crippen LogP contribution in [0.4, 0.5) is 5.69 Å². The SMILES string of the molecule is Cc1cc(C)n(-c2ccccc2NC(=O)c2ccc(Cn3cccn3)cc2)n1. The topological polar surface area (TPSA) is 64.7 Å². The van der Waals surface area contributed by atoms with Gasteiger partial charge in [0.1, 0.15) is 0 Å². The number of anilines is 1. The molecule has 4 rings (SSSR count). The van der Waals surface area contributed by atoms with E-state index in [1.807, 2.05) is 90.1 Å². The fourth-order valence-electron chi connectivity index (χ4n) is 3.17. The molecule has 0 spiro atoms. The average molecular weight is 371 g/mol. The molecule has 28 heavy (non-hydrogen) atoms. The number of hydrogen-bond acceptors (Lipinski definition) is 3. The molecule has 0 bridgehead atoms. The van der Waals surface area contributed by atoms with Crippen LogP contribution in [0, 0.1) is 13.8 Å². The minimum atomic E-state index is -0.153. The Bertz CT molecular complexity index is 1090. The van der Waals surface area contributed by atoms with E-state index in [0.29, 0.717) is 12.1 Å². The molecule has 4 aromatic rings. The molecule has 0 radical (unpaired) electrons. The lowest BCUT2D eigenvalue weighted by molar-refractivity contribution is 0.102. The van der Waals surface area contributed by atoms with Gasteiger partial charge in [0.05, 0.1) is 23.6 Å². The summed E-state index contributed by atoms with van der Waals surface area (Å²) >= 11 is 0. The fraction of sp³-hybridized carbons (Fsp3) is 0.136. The lowest BCUT2D eigenvalue weighted by Crippen LogP contribution is -2.14. The van der Waals surface area contributed by atoms with Crippen LogP contribution in [0.5, 0.6) is 0 Å². The van der Waals surface area contributed by atoms with Crippen molar-refractivity contribution in [2.24, 2.45) is 0 Å². The van der Waals surface area contributed by atoms with E-state index in [4.69, 9.17) is 0 Å². The predicted molar refractivity (Wildman–Crippen MR) is 109 cm³/mol. The second-order valence-corrected chi connectivity index (χ2v) is 6.71. The third kappa shape index (κ3) is 3.71. The second kappa shape index (κ2) is 7.52. The molecule has 0 fully saturated rings. The van der Waals surface area contributed by atoms with Gasteiger partial charge in [0.25, 0.3) is 5.91 Å². The van der Waals surface area contributed by atoms with Gasteiger partial charge in [-0.15, -0.1) is 0 Å². The van der Waals surface area contributed by atoms with Crippen LogP contribution in [-0.4, -0.2) is 25.5 Å². The van der Waals surface area contributed by atoms with Crippen LogP contribution in [0.15, 0.2) is 73.1 Å². The van der Waals surface area contributed by atoms with Gasteiger partial charge in [-0.2, -0.15) is 10.2 Å². The first-order valence-corrected chi connectivity index (χ1v) is 9.10. The lowest BCUT2D eigenvalue weighted by Gasteiger charge is -2.12. The third-order valence-corrected chi connectivity index (χ3v) is 4.51. The van der Waals surface area contributed by atoms with E-state index in [-0.39, 0.29) is 5.91 Å². The molecule has 0 atom stereocenters. The summed E-state index contributed by atoms with van der Waals surface area (Å²) in [6.07, 6.45) is 3.67. The fourth-order valence-corrected chi connectivity index (χ4v) is 3.17. The van der Waals surface area contributed by atoms with Crippen molar-refractivity contribution in [3.8, 4) is 5.69 Å². The number of carbonyl (C=O) groups excluding carboxylic acids is 1. The maximum absolute atomic E-state index is 12.8. The summed E-state index contributed by atoms with van der Waals surface area (Å²) in [6, 6.07) is 19.1. The van der Waals surface area contributed by atoms with Crippen LogP contribution >= 0.6 is 0 Å². The third-order valence-electron chi connectivity index (χ3n) is 4.51. The molecule has 0 aliphatic heterocycles. The van der Waals surface area contributed by atoms with E-state index in [9.17, 15) is 4.79 Å². The number of benzene rings is 2. The number of para-hydroxylation sites is 2. The van der Waals surface area contributed by atoms with Crippen molar-refractivity contribution in [3.63, 3.8) is 0 Å². The van der Waals surface area contributed by atoms with Gasteiger partial charge in [0, 0.05) is 23.7 Å². The molecule has 0 aliphatic carbocycles. The molecule has 1 N–H and O–H groups in total. The summed E-state index contributed by atoms with van der Waals surface area (Å²) in [5.41, 5.74) is 5.21. The molecule has 0 saturated carbocycles. The van der Waals surface area contributed by atoms with E-state index >= 15 is 0 Å². The number of carbonyl (C=O) groups is 1. The van der Waals surface area contributed by atoms with E-state index in [0.717, 1.165) is 28.3 Å².